The van der Waals surface area contributed by atoms with Gasteiger partial charge in [0.25, 0.3) is 0 Å². The second-order valence-electron chi connectivity index (χ2n) is 4.55. The van der Waals surface area contributed by atoms with Crippen molar-refractivity contribution in [2.75, 3.05) is 5.73 Å². The zero-order chi connectivity index (χ0) is 15.0. The summed E-state index contributed by atoms with van der Waals surface area (Å²) in [6.07, 6.45) is 0. The molecule has 0 aliphatic rings. The maximum Gasteiger partial charge on any atom is 0.189 e. The van der Waals surface area contributed by atoms with E-state index in [0.29, 0.717) is 22.8 Å². The van der Waals surface area contributed by atoms with Crippen LogP contribution in [0.2, 0.25) is 0 Å². The number of rotatable bonds is 2. The van der Waals surface area contributed by atoms with E-state index in [2.05, 4.69) is 15.5 Å². The highest BCUT2D eigenvalue weighted by Crippen LogP contribution is 2.28. The van der Waals surface area contributed by atoms with Gasteiger partial charge in [0.2, 0.25) is 0 Å². The van der Waals surface area contributed by atoms with Gasteiger partial charge in [0.1, 0.15) is 0 Å². The van der Waals surface area contributed by atoms with E-state index >= 15 is 0 Å². The maximum atomic E-state index is 13.4. The molecule has 2 N–H and O–H groups in total. The van der Waals surface area contributed by atoms with Gasteiger partial charge in [-0.2, -0.15) is 4.68 Å². The highest BCUT2D eigenvalue weighted by Gasteiger charge is 2.16. The van der Waals surface area contributed by atoms with Crippen molar-refractivity contribution in [3.05, 3.63) is 53.6 Å². The summed E-state index contributed by atoms with van der Waals surface area (Å²) in [5.41, 5.74) is 8.34. The van der Waals surface area contributed by atoms with Crippen LogP contribution in [0, 0.1) is 18.6 Å². The molecule has 0 saturated heterocycles. The Morgan fingerprint density at radius 2 is 1.90 bits per heavy atom. The molecule has 3 rings (SSSR count). The normalized spacial score (nSPS) is 10.8. The second kappa shape index (κ2) is 4.93. The van der Waals surface area contributed by atoms with E-state index in [-0.39, 0.29) is 0 Å². The Morgan fingerprint density at radius 1 is 1.10 bits per heavy atom. The average Bonchev–Trinajstić information content (AvgIpc) is 2.91. The number of anilines is 1. The molecule has 7 heteroatoms. The minimum absolute atomic E-state index is 0.316. The van der Waals surface area contributed by atoms with E-state index in [1.165, 1.54) is 10.7 Å². The predicted octanol–water partition coefficient (Wildman–Crippen LogP) is 2.50. The largest absolute Gasteiger partial charge is 0.398 e. The number of hydrogen-bond donors (Lipinski definition) is 1. The van der Waals surface area contributed by atoms with Gasteiger partial charge >= 0.3 is 0 Å². The van der Waals surface area contributed by atoms with Crippen LogP contribution in [0.25, 0.3) is 17.1 Å². The first-order chi connectivity index (χ1) is 10.1. The lowest BCUT2D eigenvalue weighted by molar-refractivity contribution is 0.507. The lowest BCUT2D eigenvalue weighted by Gasteiger charge is -2.09. The molecule has 0 unspecified atom stereocenters. The Bertz CT molecular complexity index is 793. The summed E-state index contributed by atoms with van der Waals surface area (Å²) >= 11 is 0. The lowest BCUT2D eigenvalue weighted by Crippen LogP contribution is -2.04. The van der Waals surface area contributed by atoms with Crippen LogP contribution >= 0.6 is 0 Å². The van der Waals surface area contributed by atoms with Gasteiger partial charge in [0.05, 0.1) is 5.69 Å². The van der Waals surface area contributed by atoms with E-state index < -0.39 is 11.6 Å². The standard InChI is InChI=1S/C14H11F2N5/c1-8-3-2-4-12(17)13(8)14-18-19-20-21(14)9-5-6-10(15)11(16)7-9/h2-7H,17H2,1H3. The zero-order valence-corrected chi connectivity index (χ0v) is 11.1. The Labute approximate surface area is 119 Å². The van der Waals surface area contributed by atoms with Gasteiger partial charge in [-0.1, -0.05) is 12.1 Å². The number of halogens is 2. The van der Waals surface area contributed by atoms with Crippen molar-refractivity contribution in [1.29, 1.82) is 0 Å². The number of hydrogen-bond acceptors (Lipinski definition) is 4. The van der Waals surface area contributed by atoms with Crippen LogP contribution in [0.1, 0.15) is 5.56 Å². The molecule has 1 heterocycles. The molecule has 3 aromatic rings. The molecule has 106 valence electrons. The van der Waals surface area contributed by atoms with E-state index in [1.54, 1.807) is 6.07 Å². The molecule has 5 nitrogen and oxygen atoms in total. The minimum Gasteiger partial charge on any atom is -0.398 e. The van der Waals surface area contributed by atoms with Crippen LogP contribution in [0.15, 0.2) is 36.4 Å². The van der Waals surface area contributed by atoms with Crippen LogP contribution in [0.4, 0.5) is 14.5 Å². The summed E-state index contributed by atoms with van der Waals surface area (Å²) in [6.45, 7) is 1.87. The number of tetrazole rings is 1. The van der Waals surface area contributed by atoms with E-state index in [4.69, 9.17) is 5.73 Å². The highest BCUT2D eigenvalue weighted by atomic mass is 19.2. The molecule has 21 heavy (non-hydrogen) atoms. The summed E-state index contributed by atoms with van der Waals surface area (Å²) in [5.74, 6) is -1.52. The van der Waals surface area contributed by atoms with Crippen LogP contribution in [0.3, 0.4) is 0 Å². The molecule has 2 aromatic carbocycles. The molecule has 0 atom stereocenters. The molecule has 0 aliphatic carbocycles. The molecule has 0 radical (unpaired) electrons. The van der Waals surface area contributed by atoms with Crippen LogP contribution < -0.4 is 5.73 Å². The Morgan fingerprint density at radius 3 is 2.62 bits per heavy atom. The van der Waals surface area contributed by atoms with Gasteiger partial charge < -0.3 is 5.73 Å². The van der Waals surface area contributed by atoms with Crippen molar-refractivity contribution in [2.24, 2.45) is 0 Å². The smallest absolute Gasteiger partial charge is 0.189 e. The first kappa shape index (κ1) is 13.2. The third-order valence-corrected chi connectivity index (χ3v) is 3.15. The summed E-state index contributed by atoms with van der Waals surface area (Å²) in [6, 6.07) is 8.87. The van der Waals surface area contributed by atoms with Gasteiger partial charge in [0.15, 0.2) is 17.5 Å². The fourth-order valence-electron chi connectivity index (χ4n) is 2.13. The lowest BCUT2D eigenvalue weighted by atomic mass is 10.1. The SMILES string of the molecule is Cc1cccc(N)c1-c1nnnn1-c1ccc(F)c(F)c1. The fraction of sp³-hybridized carbons (Fsp3) is 0.0714. The number of aromatic nitrogens is 4. The maximum absolute atomic E-state index is 13.4. The van der Waals surface area contributed by atoms with Crippen LogP contribution in [-0.2, 0) is 0 Å². The van der Waals surface area contributed by atoms with E-state index in [1.807, 2.05) is 19.1 Å². The Kier molecular flexibility index (Phi) is 3.09. The fourth-order valence-corrected chi connectivity index (χ4v) is 2.13. The van der Waals surface area contributed by atoms with Gasteiger partial charge in [-0.05, 0) is 41.1 Å². The van der Waals surface area contributed by atoms with Crippen molar-refractivity contribution < 1.29 is 8.78 Å². The zero-order valence-electron chi connectivity index (χ0n) is 11.1. The predicted molar refractivity (Wildman–Crippen MR) is 73.7 cm³/mol. The molecule has 1 aromatic heterocycles. The first-order valence-electron chi connectivity index (χ1n) is 6.17. The summed E-state index contributed by atoms with van der Waals surface area (Å²) in [4.78, 5) is 0. The number of benzene rings is 2. The van der Waals surface area contributed by atoms with E-state index in [0.717, 1.165) is 17.7 Å². The van der Waals surface area contributed by atoms with Crippen molar-refractivity contribution in [2.45, 2.75) is 6.92 Å². The van der Waals surface area contributed by atoms with E-state index in [9.17, 15) is 8.78 Å². The van der Waals surface area contributed by atoms with Crippen LogP contribution in [-0.4, -0.2) is 20.2 Å². The van der Waals surface area contributed by atoms with Gasteiger partial charge in [0, 0.05) is 17.3 Å². The first-order valence-corrected chi connectivity index (χ1v) is 6.17. The summed E-state index contributed by atoms with van der Waals surface area (Å²) in [5, 5.41) is 11.4. The molecule has 0 saturated carbocycles. The minimum atomic E-state index is -0.966. The van der Waals surface area contributed by atoms with Crippen LogP contribution in [0.5, 0.6) is 0 Å². The number of nitrogen functional groups attached to an aromatic ring is 1. The monoisotopic (exact) mass is 287 g/mol. The molecule has 0 amide bonds. The molecule has 0 aliphatic heterocycles. The number of nitrogens with two attached hydrogens (primary N) is 1. The van der Waals surface area contributed by atoms with Gasteiger partial charge in [-0.3, -0.25) is 0 Å². The summed E-state index contributed by atoms with van der Waals surface area (Å²) < 4.78 is 27.7. The van der Waals surface area contributed by atoms with Gasteiger partial charge in [-0.15, -0.1) is 5.10 Å². The van der Waals surface area contributed by atoms with Crippen molar-refractivity contribution in [3.8, 4) is 17.1 Å². The highest BCUT2D eigenvalue weighted by molar-refractivity contribution is 5.75. The Hall–Kier alpha value is -2.83. The van der Waals surface area contributed by atoms with Crippen molar-refractivity contribution in [3.63, 3.8) is 0 Å². The second-order valence-corrected chi connectivity index (χ2v) is 4.55. The third kappa shape index (κ3) is 2.22. The van der Waals surface area contributed by atoms with Crippen molar-refractivity contribution in [1.82, 2.24) is 20.2 Å². The average molecular weight is 287 g/mol. The number of aryl methyl sites for hydroxylation is 1. The molecular weight excluding hydrogens is 276 g/mol. The summed E-state index contributed by atoms with van der Waals surface area (Å²) in [7, 11) is 0. The molecule has 0 fully saturated rings. The van der Waals surface area contributed by atoms with Gasteiger partial charge in [-0.25, -0.2) is 8.78 Å². The number of nitrogens with zero attached hydrogens (tertiary/aromatic N) is 4. The molecular formula is C14H11F2N5. The molecule has 0 bridgehead atoms. The topological polar surface area (TPSA) is 69.6 Å². The quantitative estimate of drug-likeness (QED) is 0.735. The molecule has 0 spiro atoms. The third-order valence-electron chi connectivity index (χ3n) is 3.15. The van der Waals surface area contributed by atoms with Crippen molar-refractivity contribution >= 4 is 5.69 Å². The Balaban J connectivity index is 2.20.